The molecule has 2 rings (SSSR count). The van der Waals surface area contributed by atoms with Gasteiger partial charge < -0.3 is 4.52 Å². The lowest BCUT2D eigenvalue weighted by molar-refractivity contribution is -0.0288. The number of nitrogens with one attached hydrogen (secondary N) is 1. The molecule has 1 heterocycles. The Morgan fingerprint density at radius 1 is 1.45 bits per heavy atom. The molecule has 0 amide bonds. The molecule has 0 saturated heterocycles. The van der Waals surface area contributed by atoms with Crippen molar-refractivity contribution in [3.63, 3.8) is 0 Å². The van der Waals surface area contributed by atoms with Crippen LogP contribution in [0.1, 0.15) is 43.2 Å². The number of halogens is 2. The zero-order valence-electron chi connectivity index (χ0n) is 13.0. The van der Waals surface area contributed by atoms with Gasteiger partial charge in [-0.15, -0.1) is 0 Å². The average Bonchev–Trinajstić information content (AvgIpc) is 2.85. The van der Waals surface area contributed by atoms with Gasteiger partial charge in [0.2, 0.25) is 10.0 Å². The number of aromatic nitrogens is 1. The van der Waals surface area contributed by atoms with Crippen molar-refractivity contribution >= 4 is 10.0 Å². The van der Waals surface area contributed by atoms with Crippen molar-refractivity contribution in [3.05, 3.63) is 17.0 Å². The lowest BCUT2D eigenvalue weighted by Crippen LogP contribution is -2.40. The minimum Gasteiger partial charge on any atom is -0.361 e. The van der Waals surface area contributed by atoms with Gasteiger partial charge in [0, 0.05) is 23.9 Å². The Bertz CT molecular complexity index is 609. The minimum absolute atomic E-state index is 0.220. The molecule has 1 aliphatic carbocycles. The van der Waals surface area contributed by atoms with Crippen molar-refractivity contribution in [1.82, 2.24) is 9.88 Å². The van der Waals surface area contributed by atoms with Crippen LogP contribution in [0, 0.1) is 19.8 Å². The third-order valence-corrected chi connectivity index (χ3v) is 5.76. The average molecular weight is 336 g/mol. The highest BCUT2D eigenvalue weighted by Crippen LogP contribution is 2.40. The molecule has 1 aromatic rings. The molecule has 22 heavy (non-hydrogen) atoms. The Hall–Kier alpha value is -1.02. The summed E-state index contributed by atoms with van der Waals surface area (Å²) >= 11 is 0. The van der Waals surface area contributed by atoms with Gasteiger partial charge in [-0.3, -0.25) is 0 Å². The van der Waals surface area contributed by atoms with Crippen LogP contribution in [-0.4, -0.2) is 31.3 Å². The third kappa shape index (κ3) is 4.04. The van der Waals surface area contributed by atoms with Gasteiger partial charge in [0.05, 0.1) is 11.4 Å². The molecular formula is C14H22F2N2O3S. The number of aryl methyl sites for hydroxylation is 2. The maximum atomic E-state index is 13.6. The SMILES string of the molecule is Cc1noc(C)c1CC(C)NS(=O)(=O)CC1CCCC1(F)F. The fourth-order valence-electron chi connectivity index (χ4n) is 2.97. The summed E-state index contributed by atoms with van der Waals surface area (Å²) in [5, 5.41) is 3.82. The van der Waals surface area contributed by atoms with Crippen LogP contribution in [0.15, 0.2) is 4.52 Å². The fraction of sp³-hybridized carbons (Fsp3) is 0.786. The quantitative estimate of drug-likeness (QED) is 0.866. The molecule has 0 bridgehead atoms. The standard InChI is InChI=1S/C14H22F2N2O3S/c1-9(7-13-10(2)17-21-11(13)3)18-22(19,20)8-12-5-4-6-14(12,15)16/h9,12,18H,4-8H2,1-3H3. The molecule has 2 atom stereocenters. The summed E-state index contributed by atoms with van der Waals surface area (Å²) in [6.45, 7) is 5.25. The van der Waals surface area contributed by atoms with Crippen LogP contribution in [0.25, 0.3) is 0 Å². The van der Waals surface area contributed by atoms with E-state index in [0.29, 0.717) is 24.3 Å². The van der Waals surface area contributed by atoms with Gasteiger partial charge in [0.15, 0.2) is 0 Å². The molecule has 0 spiro atoms. The summed E-state index contributed by atoms with van der Waals surface area (Å²) in [6, 6.07) is -0.406. The topological polar surface area (TPSA) is 72.2 Å². The van der Waals surface area contributed by atoms with Crippen molar-refractivity contribution in [3.8, 4) is 0 Å². The Morgan fingerprint density at radius 2 is 2.14 bits per heavy atom. The van der Waals surface area contributed by atoms with Gasteiger partial charge in [-0.05, 0) is 40.0 Å². The highest BCUT2D eigenvalue weighted by atomic mass is 32.2. The van der Waals surface area contributed by atoms with Crippen LogP contribution in [0.5, 0.6) is 0 Å². The number of rotatable bonds is 6. The summed E-state index contributed by atoms with van der Waals surface area (Å²) in [5.74, 6) is -3.84. The van der Waals surface area contributed by atoms with Crippen LogP contribution < -0.4 is 4.72 Å². The van der Waals surface area contributed by atoms with E-state index in [9.17, 15) is 17.2 Å². The number of sulfonamides is 1. The Balaban J connectivity index is 1.97. The number of nitrogens with zero attached hydrogens (tertiary/aromatic N) is 1. The van der Waals surface area contributed by atoms with Crippen molar-refractivity contribution < 1.29 is 21.7 Å². The predicted molar refractivity (Wildman–Crippen MR) is 78.4 cm³/mol. The van der Waals surface area contributed by atoms with Crippen molar-refractivity contribution in [2.24, 2.45) is 5.92 Å². The Kier molecular flexibility index (Phi) is 4.91. The van der Waals surface area contributed by atoms with Gasteiger partial charge in [0.25, 0.3) is 5.92 Å². The predicted octanol–water partition coefficient (Wildman–Crippen LogP) is 2.58. The minimum atomic E-state index is -3.75. The maximum Gasteiger partial charge on any atom is 0.251 e. The maximum absolute atomic E-state index is 13.6. The van der Waals surface area contributed by atoms with Crippen LogP contribution in [0.4, 0.5) is 8.78 Å². The monoisotopic (exact) mass is 336 g/mol. The van der Waals surface area contributed by atoms with E-state index in [4.69, 9.17) is 4.52 Å². The van der Waals surface area contributed by atoms with Crippen LogP contribution in [0.3, 0.4) is 0 Å². The van der Waals surface area contributed by atoms with E-state index in [0.717, 1.165) is 5.56 Å². The second-order valence-corrected chi connectivity index (χ2v) is 7.96. The molecule has 1 aliphatic rings. The van der Waals surface area contributed by atoms with E-state index in [-0.39, 0.29) is 12.8 Å². The van der Waals surface area contributed by atoms with Gasteiger partial charge in [-0.2, -0.15) is 0 Å². The van der Waals surface area contributed by atoms with Crippen LogP contribution >= 0.6 is 0 Å². The number of alkyl halides is 2. The van der Waals surface area contributed by atoms with Crippen molar-refractivity contribution in [1.29, 1.82) is 0 Å². The molecule has 0 radical (unpaired) electrons. The third-order valence-electron chi connectivity index (χ3n) is 4.15. The van der Waals surface area contributed by atoms with Gasteiger partial charge in [0.1, 0.15) is 5.76 Å². The zero-order chi connectivity index (χ0) is 16.5. The molecule has 1 saturated carbocycles. The van der Waals surface area contributed by atoms with Crippen molar-refractivity contribution in [2.45, 2.75) is 58.4 Å². The second-order valence-electron chi connectivity index (χ2n) is 6.16. The summed E-state index contributed by atoms with van der Waals surface area (Å²) < 4.78 is 58.9. The first kappa shape index (κ1) is 17.3. The molecule has 5 nitrogen and oxygen atoms in total. The van der Waals surface area contributed by atoms with E-state index in [1.54, 1.807) is 20.8 Å². The molecular weight excluding hydrogens is 314 g/mol. The van der Waals surface area contributed by atoms with Gasteiger partial charge in [-0.1, -0.05) is 5.16 Å². The first-order valence-corrected chi connectivity index (χ1v) is 9.05. The molecule has 1 N–H and O–H groups in total. The summed E-state index contributed by atoms with van der Waals surface area (Å²) in [6.07, 6.45) is 0.831. The lowest BCUT2D eigenvalue weighted by Gasteiger charge is -2.20. The van der Waals surface area contributed by atoms with Gasteiger partial charge >= 0.3 is 0 Å². The molecule has 126 valence electrons. The first-order valence-electron chi connectivity index (χ1n) is 7.40. The second kappa shape index (κ2) is 6.23. The van der Waals surface area contributed by atoms with Crippen LogP contribution in [0.2, 0.25) is 0 Å². The normalized spacial score (nSPS) is 22.9. The lowest BCUT2D eigenvalue weighted by atomic mass is 10.1. The molecule has 8 heteroatoms. The highest BCUT2D eigenvalue weighted by molar-refractivity contribution is 7.89. The summed E-state index contributed by atoms with van der Waals surface area (Å²) in [5.41, 5.74) is 1.56. The largest absolute Gasteiger partial charge is 0.361 e. The number of hydrogen-bond acceptors (Lipinski definition) is 4. The smallest absolute Gasteiger partial charge is 0.251 e. The summed E-state index contributed by atoms with van der Waals surface area (Å²) in [7, 11) is -3.75. The molecule has 1 aromatic heterocycles. The van der Waals surface area contributed by atoms with E-state index >= 15 is 0 Å². The summed E-state index contributed by atoms with van der Waals surface area (Å²) in [4.78, 5) is 0. The highest BCUT2D eigenvalue weighted by Gasteiger charge is 2.45. The van der Waals surface area contributed by atoms with E-state index in [2.05, 4.69) is 9.88 Å². The van der Waals surface area contributed by atoms with Crippen molar-refractivity contribution in [2.75, 3.05) is 5.75 Å². The Labute approximate surface area is 129 Å². The molecule has 0 aliphatic heterocycles. The van der Waals surface area contributed by atoms with E-state index in [1.165, 1.54) is 0 Å². The zero-order valence-corrected chi connectivity index (χ0v) is 13.8. The molecule has 1 fully saturated rings. The molecule has 0 aromatic carbocycles. The first-order chi connectivity index (χ1) is 10.1. The number of hydrogen-bond donors (Lipinski definition) is 1. The fourth-order valence-corrected chi connectivity index (χ4v) is 4.70. The van der Waals surface area contributed by atoms with E-state index < -0.39 is 33.7 Å². The van der Waals surface area contributed by atoms with Crippen LogP contribution in [-0.2, 0) is 16.4 Å². The van der Waals surface area contributed by atoms with Gasteiger partial charge in [-0.25, -0.2) is 21.9 Å². The molecule has 2 unspecified atom stereocenters. The Morgan fingerprint density at radius 3 is 2.64 bits per heavy atom. The van der Waals surface area contributed by atoms with E-state index in [1.807, 2.05) is 0 Å².